The Hall–Kier alpha value is -6.18. The summed E-state index contributed by atoms with van der Waals surface area (Å²) in [6.07, 6.45) is 0. The van der Waals surface area contributed by atoms with E-state index in [1.54, 1.807) is 13.8 Å². The number of anilines is 3. The Kier molecular flexibility index (Phi) is 3.65. The summed E-state index contributed by atoms with van der Waals surface area (Å²) in [6, 6.07) is 3.01. The van der Waals surface area contributed by atoms with Gasteiger partial charge < -0.3 is 4.90 Å². The molecule has 0 heterocycles. The Morgan fingerprint density at radius 2 is 1.16 bits per heavy atom. The molecule has 50 heavy (non-hydrogen) atoms. The van der Waals surface area contributed by atoms with Crippen molar-refractivity contribution in [1.29, 1.82) is 0 Å². The minimum atomic E-state index is -1.37. The summed E-state index contributed by atoms with van der Waals surface area (Å²) in [7, 11) is 0. The van der Waals surface area contributed by atoms with Gasteiger partial charge in [-0.2, -0.15) is 0 Å². The molecule has 0 saturated carbocycles. The predicted molar refractivity (Wildman–Crippen MR) is 213 cm³/mol. The standard InChI is InChI=1S/C49H37N/c1-49(2)45-20-12-17-38-25-31-43(37-15-8-4-9-16-37)48(47(38)45)44-32-26-39(33-46(44)49)36-23-29-42(30-24-36)50(40-18-10-5-11-19-40)41-27-21-35(22-28-41)34-13-6-3-7-14-34/h3-33H,1-2H3/i6D,7D,8D,10D,11D,12D,13D,14D,15D,16D,17D,18D,19D,20D,21D,22D,23D,27D,31D,32D,33D. The normalized spacial score (nSPS) is 18.6. The Balaban J connectivity index is 1.31. The summed E-state index contributed by atoms with van der Waals surface area (Å²) in [5, 5.41) is 0.342. The van der Waals surface area contributed by atoms with Crippen molar-refractivity contribution < 1.29 is 28.8 Å². The number of hydrogen-bond donors (Lipinski definition) is 0. The first-order chi connectivity index (χ1) is 33.2. The maximum atomic E-state index is 9.91. The lowest BCUT2D eigenvalue weighted by Crippen LogP contribution is -2.24. The minimum Gasteiger partial charge on any atom is -0.311 e. The van der Waals surface area contributed by atoms with Crippen molar-refractivity contribution in [2.45, 2.75) is 19.3 Å². The summed E-state index contributed by atoms with van der Waals surface area (Å²) >= 11 is 0. The lowest BCUT2D eigenvalue weighted by molar-refractivity contribution is 0.645. The smallest absolute Gasteiger partial charge is 0.0645 e. The SMILES string of the molecule is [2H]c1cc(N(c2cc([2H])c(-c3c([2H])c([2H])cc([2H])c3[2H])c([2H])c2[2H])c2c([2H])c([2H])cc([2H])c2[2H])ccc1-c1cc([2H])c2c(c1[2H])C(C)(C)c1c([2H])c([2H])c([2H])c3cc([2H])c(-c4c([2H])ccc([2H])c4[2H])c-2c13. The summed E-state index contributed by atoms with van der Waals surface area (Å²) in [5.41, 5.74) is -2.59. The third-order valence-electron chi connectivity index (χ3n) is 8.77. The molecule has 0 N–H and O–H groups in total. The maximum absolute atomic E-state index is 9.91. The average molecular weight is 661 g/mol. The highest BCUT2D eigenvalue weighted by molar-refractivity contribution is 6.09. The van der Waals surface area contributed by atoms with Crippen LogP contribution in [-0.2, 0) is 5.41 Å². The van der Waals surface area contributed by atoms with E-state index in [-0.39, 0.29) is 121 Å². The Morgan fingerprint density at radius 1 is 0.440 bits per heavy atom. The van der Waals surface area contributed by atoms with Gasteiger partial charge in [0, 0.05) is 22.5 Å². The molecule has 0 fully saturated rings. The first-order valence-electron chi connectivity index (χ1n) is 26.2. The summed E-state index contributed by atoms with van der Waals surface area (Å²) in [5.74, 6) is 0. The van der Waals surface area contributed by atoms with E-state index in [9.17, 15) is 8.22 Å². The molecule has 0 spiro atoms. The second kappa shape index (κ2) is 12.1. The molecule has 0 saturated heterocycles. The van der Waals surface area contributed by atoms with Crippen LogP contribution in [0, 0.1) is 0 Å². The number of nitrogens with zero attached hydrogens (tertiary/aromatic N) is 1. The molecule has 1 heteroatoms. The summed E-state index contributed by atoms with van der Waals surface area (Å²) in [6.45, 7) is 3.37. The Labute approximate surface area is 324 Å². The van der Waals surface area contributed by atoms with Gasteiger partial charge in [0.15, 0.2) is 0 Å². The predicted octanol–water partition coefficient (Wildman–Crippen LogP) is 13.6. The van der Waals surface area contributed by atoms with Crippen LogP contribution in [0.3, 0.4) is 0 Å². The molecule has 0 aliphatic heterocycles. The molecule has 1 nitrogen and oxygen atoms in total. The van der Waals surface area contributed by atoms with Crippen LogP contribution >= 0.6 is 0 Å². The number of benzene rings is 8. The van der Waals surface area contributed by atoms with Crippen LogP contribution < -0.4 is 4.90 Å². The highest BCUT2D eigenvalue weighted by Crippen LogP contribution is 2.52. The molecule has 0 radical (unpaired) electrons. The molecule has 0 amide bonds. The number of fused-ring (bicyclic) bond motifs is 2. The van der Waals surface area contributed by atoms with Crippen LogP contribution in [0.5, 0.6) is 0 Å². The molecular formula is C49H37N. The monoisotopic (exact) mass is 660 g/mol. The topological polar surface area (TPSA) is 3.24 Å². The van der Waals surface area contributed by atoms with Crippen LogP contribution in [0.25, 0.3) is 55.3 Å². The van der Waals surface area contributed by atoms with Gasteiger partial charge in [0.2, 0.25) is 0 Å². The molecule has 238 valence electrons. The second-order valence-electron chi connectivity index (χ2n) is 12.1. The zero-order valence-corrected chi connectivity index (χ0v) is 26.7. The largest absolute Gasteiger partial charge is 0.311 e. The van der Waals surface area contributed by atoms with Gasteiger partial charge in [-0.05, 0) is 109 Å². The van der Waals surface area contributed by atoms with E-state index in [4.69, 9.17) is 20.6 Å². The van der Waals surface area contributed by atoms with Crippen molar-refractivity contribution in [3.63, 3.8) is 0 Å². The van der Waals surface area contributed by atoms with Crippen molar-refractivity contribution in [2.75, 3.05) is 4.90 Å². The van der Waals surface area contributed by atoms with E-state index in [0.717, 1.165) is 23.1 Å². The quantitative estimate of drug-likeness (QED) is 0.172. The van der Waals surface area contributed by atoms with Crippen LogP contribution in [-0.4, -0.2) is 0 Å². The fourth-order valence-electron chi connectivity index (χ4n) is 6.39. The van der Waals surface area contributed by atoms with E-state index in [1.807, 2.05) is 0 Å². The van der Waals surface area contributed by atoms with Crippen molar-refractivity contribution in [3.05, 3.63) is 199 Å². The maximum Gasteiger partial charge on any atom is 0.0645 e. The van der Waals surface area contributed by atoms with E-state index in [0.29, 0.717) is 0 Å². The molecule has 1 aliphatic rings. The Bertz CT molecular complexity index is 3660. The molecule has 0 atom stereocenters. The second-order valence-corrected chi connectivity index (χ2v) is 12.1. The molecule has 9 rings (SSSR count). The van der Waals surface area contributed by atoms with Gasteiger partial charge in [-0.25, -0.2) is 0 Å². The molecule has 0 bridgehead atoms. The summed E-state index contributed by atoms with van der Waals surface area (Å²) < 4.78 is 187. The average Bonchev–Trinajstić information content (AvgIpc) is 3.30. The van der Waals surface area contributed by atoms with Gasteiger partial charge in [-0.3, -0.25) is 0 Å². The first-order valence-corrected chi connectivity index (χ1v) is 15.7. The fourth-order valence-corrected chi connectivity index (χ4v) is 6.39. The van der Waals surface area contributed by atoms with Crippen LogP contribution in [0.1, 0.15) is 53.8 Å². The van der Waals surface area contributed by atoms with Gasteiger partial charge in [-0.15, -0.1) is 0 Å². The third kappa shape index (κ3) is 5.02. The number of rotatable bonds is 6. The van der Waals surface area contributed by atoms with Crippen LogP contribution in [0.4, 0.5) is 17.1 Å². The van der Waals surface area contributed by atoms with Gasteiger partial charge >= 0.3 is 0 Å². The minimum absolute atomic E-state index is 0.0256. The first kappa shape index (κ1) is 15.2. The van der Waals surface area contributed by atoms with Gasteiger partial charge in [0.25, 0.3) is 0 Å². The van der Waals surface area contributed by atoms with Crippen molar-refractivity contribution in [3.8, 4) is 44.5 Å². The van der Waals surface area contributed by atoms with Crippen molar-refractivity contribution >= 4 is 27.8 Å². The van der Waals surface area contributed by atoms with Gasteiger partial charge in [-0.1, -0.05) is 159 Å². The number of hydrogen-bond acceptors (Lipinski definition) is 1. The molecule has 1 aliphatic carbocycles. The van der Waals surface area contributed by atoms with E-state index in [2.05, 4.69) is 0 Å². The van der Waals surface area contributed by atoms with E-state index in [1.165, 1.54) is 42.5 Å². The molecular weight excluding hydrogens is 603 g/mol. The summed E-state index contributed by atoms with van der Waals surface area (Å²) in [4.78, 5) is 1.07. The Morgan fingerprint density at radius 3 is 2.00 bits per heavy atom. The highest BCUT2D eigenvalue weighted by Gasteiger charge is 2.35. The van der Waals surface area contributed by atoms with Crippen molar-refractivity contribution in [1.82, 2.24) is 0 Å². The molecule has 8 aromatic carbocycles. The lowest BCUT2D eigenvalue weighted by atomic mass is 9.67. The third-order valence-corrected chi connectivity index (χ3v) is 8.77. The highest BCUT2D eigenvalue weighted by atomic mass is 15.1. The fraction of sp³-hybridized carbons (Fsp3) is 0.0612. The number of para-hydroxylation sites is 1. The van der Waals surface area contributed by atoms with Gasteiger partial charge in [0.05, 0.1) is 28.8 Å². The van der Waals surface area contributed by atoms with E-state index < -0.39 is 94.7 Å². The lowest BCUT2D eigenvalue weighted by Gasteiger charge is -2.36. The zero-order chi connectivity index (χ0) is 51.9. The molecule has 0 unspecified atom stereocenters. The van der Waals surface area contributed by atoms with Crippen LogP contribution in [0.2, 0.25) is 0 Å². The molecule has 8 aromatic rings. The van der Waals surface area contributed by atoms with E-state index >= 15 is 0 Å². The van der Waals surface area contributed by atoms with Gasteiger partial charge in [0.1, 0.15) is 0 Å². The zero-order valence-electron chi connectivity index (χ0n) is 47.7. The van der Waals surface area contributed by atoms with Crippen molar-refractivity contribution in [2.24, 2.45) is 0 Å². The van der Waals surface area contributed by atoms with Crippen LogP contribution in [0.15, 0.2) is 188 Å². The molecule has 0 aromatic heterocycles.